The van der Waals surface area contributed by atoms with Gasteiger partial charge in [0, 0.05) is 15.7 Å². The minimum atomic E-state index is -1.22. The Bertz CT molecular complexity index is 994. The molecule has 150 valence electrons. The Kier molecular flexibility index (Phi) is 6.09. The van der Waals surface area contributed by atoms with Crippen LogP contribution in [0.4, 0.5) is 4.39 Å². The van der Waals surface area contributed by atoms with E-state index in [0.717, 1.165) is 12.3 Å². The van der Waals surface area contributed by atoms with E-state index in [0.29, 0.717) is 26.3 Å². The molecule has 0 saturated heterocycles. The van der Waals surface area contributed by atoms with Gasteiger partial charge in [0.1, 0.15) is 11.7 Å². The number of rotatable bonds is 4. The number of pyridine rings is 1. The predicted molar refractivity (Wildman–Crippen MR) is 111 cm³/mol. The summed E-state index contributed by atoms with van der Waals surface area (Å²) in [5.41, 5.74) is 6.33. The van der Waals surface area contributed by atoms with Crippen molar-refractivity contribution in [2.75, 3.05) is 5.75 Å². The highest BCUT2D eigenvalue weighted by Gasteiger charge is 2.38. The first kappa shape index (κ1) is 21.2. The molecule has 0 aliphatic carbocycles. The number of carbonyl (C=O) groups excluding carboxylic acids is 1. The van der Waals surface area contributed by atoms with Gasteiger partial charge in [-0.2, -0.15) is 0 Å². The quantitative estimate of drug-likeness (QED) is 0.726. The average molecular weight is 463 g/mol. The molecule has 0 bridgehead atoms. The minimum Gasteiger partial charge on any atom is -0.386 e. The maximum atomic E-state index is 13.0. The van der Waals surface area contributed by atoms with Crippen LogP contribution in [0.5, 0.6) is 0 Å². The summed E-state index contributed by atoms with van der Waals surface area (Å²) in [4.78, 5) is 21.7. The van der Waals surface area contributed by atoms with Gasteiger partial charge in [-0.3, -0.25) is 19.0 Å². The van der Waals surface area contributed by atoms with E-state index >= 15 is 0 Å². The number of thiophene rings is 1. The van der Waals surface area contributed by atoms with Crippen LogP contribution in [0.1, 0.15) is 40.1 Å². The fourth-order valence-electron chi connectivity index (χ4n) is 2.51. The summed E-state index contributed by atoms with van der Waals surface area (Å²) in [6.07, 6.45) is 1.03. The van der Waals surface area contributed by atoms with Crippen molar-refractivity contribution in [2.45, 2.75) is 31.2 Å². The molecule has 1 aliphatic heterocycles. The van der Waals surface area contributed by atoms with E-state index in [1.165, 1.54) is 17.4 Å². The third-order valence-electron chi connectivity index (χ3n) is 4.33. The van der Waals surface area contributed by atoms with Crippen LogP contribution in [0, 0.1) is 5.82 Å². The summed E-state index contributed by atoms with van der Waals surface area (Å²) in [6.45, 7) is 3.60. The summed E-state index contributed by atoms with van der Waals surface area (Å²) in [7, 11) is -1.22. The molecule has 3 heterocycles. The lowest BCUT2D eigenvalue weighted by Crippen LogP contribution is -2.47. The number of nitrogens with one attached hydrogen (secondary N) is 1. The molecule has 1 aliphatic rings. The molecule has 2 aromatic heterocycles. The fraction of sp³-hybridized carbons (Fsp3) is 0.353. The van der Waals surface area contributed by atoms with Crippen LogP contribution in [0.15, 0.2) is 23.3 Å². The first-order valence-electron chi connectivity index (χ1n) is 8.19. The number of aliphatic imine (C=N–C) groups is 1. The maximum Gasteiger partial charge on any atom is 0.261 e. The topological polar surface area (TPSA) is 97.4 Å². The number of halogens is 3. The smallest absolute Gasteiger partial charge is 0.261 e. The van der Waals surface area contributed by atoms with E-state index in [1.54, 1.807) is 13.8 Å². The highest BCUT2D eigenvalue weighted by Crippen LogP contribution is 2.38. The van der Waals surface area contributed by atoms with Crippen LogP contribution < -0.4 is 11.1 Å². The van der Waals surface area contributed by atoms with Gasteiger partial charge in [0.2, 0.25) is 0 Å². The normalized spacial score (nSPS) is 21.2. The first-order chi connectivity index (χ1) is 13.1. The Morgan fingerprint density at radius 1 is 1.43 bits per heavy atom. The Morgan fingerprint density at radius 3 is 2.79 bits per heavy atom. The number of amidine groups is 1. The number of amides is 1. The summed E-state index contributed by atoms with van der Waals surface area (Å²) in [5.74, 6) is -0.351. The predicted octanol–water partition coefficient (Wildman–Crippen LogP) is 3.46. The zero-order chi connectivity index (χ0) is 20.6. The summed E-state index contributed by atoms with van der Waals surface area (Å²) in [6, 6.07) is 2.20. The van der Waals surface area contributed by atoms with Gasteiger partial charge in [-0.25, -0.2) is 4.39 Å². The molecule has 2 aromatic rings. The second-order valence-corrected chi connectivity index (χ2v) is 10.6. The molecule has 0 radical (unpaired) electrons. The van der Waals surface area contributed by atoms with E-state index in [2.05, 4.69) is 15.3 Å². The number of nitrogens with two attached hydrogens (primary N) is 1. The second kappa shape index (κ2) is 8.06. The van der Waals surface area contributed by atoms with Crippen LogP contribution in [-0.2, 0) is 17.3 Å². The molecule has 6 nitrogen and oxygen atoms in total. The van der Waals surface area contributed by atoms with Gasteiger partial charge in [0.05, 0.1) is 49.9 Å². The van der Waals surface area contributed by atoms with Crippen LogP contribution in [0.3, 0.4) is 0 Å². The van der Waals surface area contributed by atoms with E-state index in [9.17, 15) is 13.4 Å². The van der Waals surface area contributed by atoms with Crippen LogP contribution in [-0.4, -0.2) is 31.4 Å². The third kappa shape index (κ3) is 4.22. The SMILES string of the molecule is CC1(C)C(N)=NC(c2sc(C(=O)NCc3ncc(F)cc3Cl)cc2Cl)CS1=O. The highest BCUT2D eigenvalue weighted by atomic mass is 35.5. The Morgan fingerprint density at radius 2 is 2.14 bits per heavy atom. The van der Waals surface area contributed by atoms with Gasteiger partial charge < -0.3 is 11.1 Å². The fourth-order valence-corrected chi connectivity index (χ4v) is 5.49. The third-order valence-corrected chi connectivity index (χ3v) is 8.28. The van der Waals surface area contributed by atoms with E-state index in [1.807, 2.05) is 0 Å². The molecular weight excluding hydrogens is 446 g/mol. The molecule has 3 rings (SSSR count). The molecule has 0 aromatic carbocycles. The lowest BCUT2D eigenvalue weighted by atomic mass is 10.1. The monoisotopic (exact) mass is 462 g/mol. The lowest BCUT2D eigenvalue weighted by molar-refractivity contribution is 0.0954. The Labute approximate surface area is 177 Å². The van der Waals surface area contributed by atoms with Crippen molar-refractivity contribution in [1.82, 2.24) is 10.3 Å². The van der Waals surface area contributed by atoms with Gasteiger partial charge in [-0.1, -0.05) is 23.2 Å². The maximum absolute atomic E-state index is 13.0. The standard InChI is InChI=1S/C17H17Cl2FN4O2S2/c1-17(2)16(21)24-12(7-28(17)26)14-10(19)4-13(27-14)15(25)23-6-11-9(18)3-8(20)5-22-11/h3-5,12H,6-7H2,1-2H3,(H2,21,24)(H,23,25). The highest BCUT2D eigenvalue weighted by molar-refractivity contribution is 7.87. The molecule has 2 atom stereocenters. The van der Waals surface area contributed by atoms with Gasteiger partial charge in [-0.15, -0.1) is 11.3 Å². The molecule has 2 unspecified atom stereocenters. The second-order valence-electron chi connectivity index (χ2n) is 6.64. The lowest BCUT2D eigenvalue weighted by Gasteiger charge is -2.30. The molecule has 1 amide bonds. The van der Waals surface area contributed by atoms with Crippen molar-refractivity contribution in [1.29, 1.82) is 0 Å². The van der Waals surface area contributed by atoms with Crippen molar-refractivity contribution in [2.24, 2.45) is 10.7 Å². The number of hydrogen-bond donors (Lipinski definition) is 2. The van der Waals surface area contributed by atoms with E-state index in [4.69, 9.17) is 28.9 Å². The van der Waals surface area contributed by atoms with E-state index < -0.39 is 27.4 Å². The summed E-state index contributed by atoms with van der Waals surface area (Å²) in [5, 5.41) is 3.17. The minimum absolute atomic E-state index is 0.0372. The largest absolute Gasteiger partial charge is 0.386 e. The first-order valence-corrected chi connectivity index (χ1v) is 11.1. The van der Waals surface area contributed by atoms with Crippen molar-refractivity contribution < 1.29 is 13.4 Å². The van der Waals surface area contributed by atoms with Crippen molar-refractivity contribution in [3.63, 3.8) is 0 Å². The molecule has 0 fully saturated rings. The van der Waals surface area contributed by atoms with Crippen LogP contribution in [0.2, 0.25) is 10.0 Å². The molecule has 0 saturated carbocycles. The Balaban J connectivity index is 1.76. The van der Waals surface area contributed by atoms with Gasteiger partial charge in [-0.05, 0) is 26.0 Å². The number of nitrogens with zero attached hydrogens (tertiary/aromatic N) is 2. The number of carbonyl (C=O) groups is 1. The molecular formula is C17H17Cl2FN4O2S2. The number of hydrogen-bond acceptors (Lipinski definition) is 6. The van der Waals surface area contributed by atoms with Crippen molar-refractivity contribution >= 4 is 57.1 Å². The van der Waals surface area contributed by atoms with Gasteiger partial charge >= 0.3 is 0 Å². The van der Waals surface area contributed by atoms with Crippen LogP contribution >= 0.6 is 34.5 Å². The summed E-state index contributed by atoms with van der Waals surface area (Å²) < 4.78 is 24.8. The van der Waals surface area contributed by atoms with Crippen molar-refractivity contribution in [3.8, 4) is 0 Å². The van der Waals surface area contributed by atoms with Gasteiger partial charge in [0.15, 0.2) is 0 Å². The van der Waals surface area contributed by atoms with Gasteiger partial charge in [0.25, 0.3) is 5.91 Å². The zero-order valence-electron chi connectivity index (χ0n) is 15.0. The van der Waals surface area contributed by atoms with E-state index in [-0.39, 0.29) is 23.2 Å². The number of aromatic nitrogens is 1. The molecule has 3 N–H and O–H groups in total. The molecule has 0 spiro atoms. The van der Waals surface area contributed by atoms with Crippen molar-refractivity contribution in [3.05, 3.63) is 49.6 Å². The zero-order valence-corrected chi connectivity index (χ0v) is 18.1. The summed E-state index contributed by atoms with van der Waals surface area (Å²) >= 11 is 13.4. The molecule has 11 heteroatoms. The molecule has 28 heavy (non-hydrogen) atoms. The average Bonchev–Trinajstić information content (AvgIpc) is 3.00. The van der Waals surface area contributed by atoms with Crippen LogP contribution in [0.25, 0.3) is 0 Å². The Hall–Kier alpha value is -1.55.